The van der Waals surface area contributed by atoms with Crippen LogP contribution >= 0.6 is 0 Å². The Labute approximate surface area is 199 Å². The quantitative estimate of drug-likeness (QED) is 0.482. The van der Waals surface area contributed by atoms with Gasteiger partial charge in [-0.25, -0.2) is 14.8 Å². The van der Waals surface area contributed by atoms with Crippen LogP contribution in [0.3, 0.4) is 0 Å². The second kappa shape index (κ2) is 10.1. The molecule has 1 amide bonds. The first kappa shape index (κ1) is 23.5. The van der Waals surface area contributed by atoms with Crippen molar-refractivity contribution in [1.82, 2.24) is 14.9 Å². The molecule has 0 saturated carbocycles. The van der Waals surface area contributed by atoms with Crippen LogP contribution in [0.15, 0.2) is 24.5 Å². The molecule has 0 aliphatic carbocycles. The second-order valence-corrected chi connectivity index (χ2v) is 8.49. The summed E-state index contributed by atoms with van der Waals surface area (Å²) < 4.78 is 5.06. The average molecular weight is 470 g/mol. The Morgan fingerprint density at radius 3 is 2.09 bits per heavy atom. The molecule has 1 aromatic heterocycles. The standard InChI is InChI=1S/C23H31N7O4/c1-4-34-23(31)29-14-12-28(13-15-29)22-20(30(32)33)21(24-16-25-22)27-10-8-26(9-11-27)19-7-5-6-17(2)18(19)3/h5-7,16H,4,8-15H2,1-3H3. The molecule has 3 heterocycles. The lowest BCUT2D eigenvalue weighted by Gasteiger charge is -2.38. The molecular weight excluding hydrogens is 438 g/mol. The first-order chi connectivity index (χ1) is 16.4. The zero-order chi connectivity index (χ0) is 24.2. The number of benzene rings is 1. The predicted octanol–water partition coefficient (Wildman–Crippen LogP) is 2.61. The molecule has 2 aliphatic heterocycles. The predicted molar refractivity (Wildman–Crippen MR) is 130 cm³/mol. The Hall–Kier alpha value is -3.63. The van der Waals surface area contributed by atoms with Gasteiger partial charge in [0.15, 0.2) is 0 Å². The van der Waals surface area contributed by atoms with Crippen LogP contribution in [-0.4, -0.2) is 84.8 Å². The van der Waals surface area contributed by atoms with Crippen LogP contribution in [0.2, 0.25) is 0 Å². The molecule has 0 spiro atoms. The van der Waals surface area contributed by atoms with E-state index < -0.39 is 0 Å². The minimum atomic E-state index is -0.389. The lowest BCUT2D eigenvalue weighted by molar-refractivity contribution is -0.383. The zero-order valence-corrected chi connectivity index (χ0v) is 19.9. The van der Waals surface area contributed by atoms with Gasteiger partial charge in [0.2, 0.25) is 11.6 Å². The third kappa shape index (κ3) is 4.68. The number of carbonyl (C=O) groups is 1. The number of amides is 1. The van der Waals surface area contributed by atoms with E-state index in [1.54, 1.807) is 11.8 Å². The smallest absolute Gasteiger partial charge is 0.409 e. The molecule has 2 fully saturated rings. The van der Waals surface area contributed by atoms with Gasteiger partial charge in [-0.1, -0.05) is 12.1 Å². The highest BCUT2D eigenvalue weighted by Gasteiger charge is 2.33. The van der Waals surface area contributed by atoms with Crippen LogP contribution in [0.4, 0.5) is 27.8 Å². The lowest BCUT2D eigenvalue weighted by Crippen LogP contribution is -2.49. The summed E-state index contributed by atoms with van der Waals surface area (Å²) in [5, 5.41) is 12.1. The van der Waals surface area contributed by atoms with Gasteiger partial charge in [-0.15, -0.1) is 0 Å². The summed E-state index contributed by atoms with van der Waals surface area (Å²) in [5.74, 6) is 0.652. The van der Waals surface area contributed by atoms with E-state index in [-0.39, 0.29) is 16.7 Å². The number of carbonyl (C=O) groups excluding carboxylic acids is 1. The number of aromatic nitrogens is 2. The Morgan fingerprint density at radius 1 is 0.971 bits per heavy atom. The van der Waals surface area contributed by atoms with Crippen molar-refractivity contribution in [3.63, 3.8) is 0 Å². The minimum Gasteiger partial charge on any atom is -0.450 e. The van der Waals surface area contributed by atoms with E-state index >= 15 is 0 Å². The molecule has 34 heavy (non-hydrogen) atoms. The highest BCUT2D eigenvalue weighted by molar-refractivity contribution is 5.73. The molecule has 0 radical (unpaired) electrons. The van der Waals surface area contributed by atoms with Crippen LogP contribution in [0.1, 0.15) is 18.1 Å². The number of piperazine rings is 2. The Bertz CT molecular complexity index is 1050. The molecular formula is C23H31N7O4. The van der Waals surface area contributed by atoms with Gasteiger partial charge in [0.1, 0.15) is 6.33 Å². The fourth-order valence-corrected chi connectivity index (χ4v) is 4.54. The van der Waals surface area contributed by atoms with E-state index in [0.717, 1.165) is 13.1 Å². The zero-order valence-electron chi connectivity index (χ0n) is 19.9. The molecule has 0 unspecified atom stereocenters. The van der Waals surface area contributed by atoms with Crippen molar-refractivity contribution in [2.75, 3.05) is 73.7 Å². The van der Waals surface area contributed by atoms with Crippen molar-refractivity contribution in [2.24, 2.45) is 0 Å². The summed E-state index contributed by atoms with van der Waals surface area (Å²) in [6, 6.07) is 6.29. The molecule has 4 rings (SSSR count). The van der Waals surface area contributed by atoms with E-state index in [1.807, 2.05) is 9.80 Å². The fraction of sp³-hybridized carbons (Fsp3) is 0.522. The normalized spacial score (nSPS) is 16.6. The average Bonchev–Trinajstić information content (AvgIpc) is 2.85. The monoisotopic (exact) mass is 469 g/mol. The Morgan fingerprint density at radius 2 is 1.53 bits per heavy atom. The van der Waals surface area contributed by atoms with Crippen LogP contribution in [0.25, 0.3) is 0 Å². The highest BCUT2D eigenvalue weighted by Crippen LogP contribution is 2.35. The molecule has 2 aromatic rings. The lowest BCUT2D eigenvalue weighted by atomic mass is 10.1. The molecule has 2 saturated heterocycles. The summed E-state index contributed by atoms with van der Waals surface area (Å²) in [7, 11) is 0. The van der Waals surface area contributed by atoms with E-state index in [9.17, 15) is 14.9 Å². The van der Waals surface area contributed by atoms with E-state index in [0.29, 0.717) is 57.5 Å². The molecule has 0 N–H and O–H groups in total. The summed E-state index contributed by atoms with van der Waals surface area (Å²) in [6.45, 7) is 10.8. The number of hydrogen-bond donors (Lipinski definition) is 0. The SMILES string of the molecule is CCOC(=O)N1CCN(c2ncnc(N3CCN(c4cccc(C)c4C)CC3)c2[N+](=O)[O-])CC1. The molecule has 0 bridgehead atoms. The minimum absolute atomic E-state index is 0.0766. The van der Waals surface area contributed by atoms with Crippen LogP contribution in [0, 0.1) is 24.0 Å². The summed E-state index contributed by atoms with van der Waals surface area (Å²) in [4.78, 5) is 40.1. The number of nitrogens with zero attached hydrogens (tertiary/aromatic N) is 7. The van der Waals surface area contributed by atoms with Crippen molar-refractivity contribution in [3.05, 3.63) is 45.8 Å². The topological polar surface area (TPSA) is 108 Å². The third-order valence-electron chi connectivity index (χ3n) is 6.57. The van der Waals surface area contributed by atoms with Gasteiger partial charge in [0.25, 0.3) is 0 Å². The number of rotatable bonds is 5. The molecule has 182 valence electrons. The molecule has 11 nitrogen and oxygen atoms in total. The van der Waals surface area contributed by atoms with E-state index in [1.165, 1.54) is 23.1 Å². The molecule has 1 aromatic carbocycles. The van der Waals surface area contributed by atoms with Gasteiger partial charge in [-0.3, -0.25) is 10.1 Å². The van der Waals surface area contributed by atoms with E-state index in [2.05, 4.69) is 46.9 Å². The number of aryl methyl sites for hydroxylation is 1. The number of nitro groups is 1. The van der Waals surface area contributed by atoms with Crippen LogP contribution < -0.4 is 14.7 Å². The van der Waals surface area contributed by atoms with Crippen LogP contribution in [0.5, 0.6) is 0 Å². The van der Waals surface area contributed by atoms with E-state index in [4.69, 9.17) is 4.74 Å². The van der Waals surface area contributed by atoms with Crippen molar-refractivity contribution in [3.8, 4) is 0 Å². The van der Waals surface area contributed by atoms with Crippen LogP contribution in [-0.2, 0) is 4.74 Å². The maximum atomic E-state index is 12.1. The van der Waals surface area contributed by atoms with Gasteiger partial charge in [-0.2, -0.15) is 0 Å². The van der Waals surface area contributed by atoms with Gasteiger partial charge >= 0.3 is 11.8 Å². The van der Waals surface area contributed by atoms with Crippen molar-refractivity contribution >= 4 is 29.1 Å². The molecule has 11 heteroatoms. The summed E-state index contributed by atoms with van der Waals surface area (Å²) in [5.41, 5.74) is 3.64. The highest BCUT2D eigenvalue weighted by atomic mass is 16.6. The number of anilines is 3. The molecule has 2 aliphatic rings. The number of hydrogen-bond acceptors (Lipinski definition) is 9. The maximum absolute atomic E-state index is 12.1. The summed E-state index contributed by atoms with van der Waals surface area (Å²) in [6.07, 6.45) is 1.04. The third-order valence-corrected chi connectivity index (χ3v) is 6.57. The first-order valence-electron chi connectivity index (χ1n) is 11.6. The fourth-order valence-electron chi connectivity index (χ4n) is 4.54. The van der Waals surface area contributed by atoms with Crippen molar-refractivity contribution in [1.29, 1.82) is 0 Å². The second-order valence-electron chi connectivity index (χ2n) is 8.49. The molecule has 0 atom stereocenters. The van der Waals surface area contributed by atoms with Gasteiger partial charge in [-0.05, 0) is 38.0 Å². The van der Waals surface area contributed by atoms with Gasteiger partial charge in [0.05, 0.1) is 11.5 Å². The van der Waals surface area contributed by atoms with Gasteiger partial charge in [0, 0.05) is 58.0 Å². The van der Waals surface area contributed by atoms with Gasteiger partial charge < -0.3 is 24.3 Å². The summed E-state index contributed by atoms with van der Waals surface area (Å²) >= 11 is 0. The first-order valence-corrected chi connectivity index (χ1v) is 11.6. The maximum Gasteiger partial charge on any atom is 0.409 e. The van der Waals surface area contributed by atoms with Crippen molar-refractivity contribution in [2.45, 2.75) is 20.8 Å². The largest absolute Gasteiger partial charge is 0.450 e. The Balaban J connectivity index is 1.50. The Kier molecular flexibility index (Phi) is 6.99. The van der Waals surface area contributed by atoms with Crippen molar-refractivity contribution < 1.29 is 14.5 Å². The number of ether oxygens (including phenoxy) is 1.